The maximum absolute atomic E-state index is 13.9. The minimum absolute atomic E-state index is 0.00777. The van der Waals surface area contributed by atoms with E-state index in [9.17, 15) is 21.6 Å². The second-order valence-electron chi connectivity index (χ2n) is 11.2. The Kier molecular flexibility index (Phi) is 11.7. The normalized spacial score (nSPS) is 15.6. The van der Waals surface area contributed by atoms with Gasteiger partial charge in [0.25, 0.3) is 0 Å². The summed E-state index contributed by atoms with van der Waals surface area (Å²) in [5.41, 5.74) is 2.80. The van der Waals surface area contributed by atoms with Crippen LogP contribution in [0, 0.1) is 12.8 Å². The monoisotopic (exact) mass is 591 g/mol. The Balaban J connectivity index is 1.79. The minimum atomic E-state index is -3.57. The van der Waals surface area contributed by atoms with Gasteiger partial charge in [0, 0.05) is 32.2 Å². The maximum Gasteiger partial charge on any atom is 0.238 e. The number of hydrogen-bond donors (Lipinski definition) is 0. The summed E-state index contributed by atoms with van der Waals surface area (Å²) < 4.78 is 55.3. The van der Waals surface area contributed by atoms with Crippen molar-refractivity contribution < 1.29 is 21.6 Å². The molecule has 0 aliphatic carbocycles. The molecule has 1 fully saturated rings. The number of hydrogen-bond acceptors (Lipinski definition) is 5. The number of carbonyl (C=O) groups excluding carboxylic acids is 1. The SMILES string of the molecule is CCCS(=O)(=O)N(CCC(C)C)CC(=O)N(Cc1ccccc1C)C1CCN(S(=O)(=O)Cc2ccccc2)CC1. The summed E-state index contributed by atoms with van der Waals surface area (Å²) in [5, 5.41) is 0. The van der Waals surface area contributed by atoms with E-state index in [0.29, 0.717) is 57.8 Å². The van der Waals surface area contributed by atoms with Crippen LogP contribution in [-0.2, 0) is 37.1 Å². The quantitative estimate of drug-likeness (QED) is 0.325. The predicted octanol–water partition coefficient (Wildman–Crippen LogP) is 4.41. The van der Waals surface area contributed by atoms with E-state index in [1.807, 2.05) is 82.3 Å². The van der Waals surface area contributed by atoms with Gasteiger partial charge in [-0.15, -0.1) is 0 Å². The number of nitrogens with zero attached hydrogens (tertiary/aromatic N) is 3. The van der Waals surface area contributed by atoms with Crippen molar-refractivity contribution in [2.45, 2.75) is 71.7 Å². The van der Waals surface area contributed by atoms with Gasteiger partial charge in [-0.2, -0.15) is 4.31 Å². The molecule has 0 saturated carbocycles. The molecule has 1 aliphatic rings. The van der Waals surface area contributed by atoms with Crippen LogP contribution >= 0.6 is 0 Å². The lowest BCUT2D eigenvalue weighted by molar-refractivity contribution is -0.135. The molecule has 1 aliphatic heterocycles. The highest BCUT2D eigenvalue weighted by Crippen LogP contribution is 2.24. The first-order valence-electron chi connectivity index (χ1n) is 14.3. The third-order valence-electron chi connectivity index (χ3n) is 7.49. The van der Waals surface area contributed by atoms with Gasteiger partial charge in [-0.25, -0.2) is 21.1 Å². The van der Waals surface area contributed by atoms with Crippen molar-refractivity contribution in [2.24, 2.45) is 5.92 Å². The number of piperidine rings is 1. The Morgan fingerprint density at radius 2 is 1.60 bits per heavy atom. The van der Waals surface area contributed by atoms with E-state index < -0.39 is 20.0 Å². The summed E-state index contributed by atoms with van der Waals surface area (Å²) in [5.74, 6) is 0.0233. The van der Waals surface area contributed by atoms with Gasteiger partial charge in [0.15, 0.2) is 0 Å². The summed E-state index contributed by atoms with van der Waals surface area (Å²) in [7, 11) is -7.06. The van der Waals surface area contributed by atoms with E-state index in [2.05, 4.69) is 0 Å². The van der Waals surface area contributed by atoms with Crippen LogP contribution in [0.2, 0.25) is 0 Å². The average molecular weight is 592 g/mol. The molecule has 1 saturated heterocycles. The predicted molar refractivity (Wildman–Crippen MR) is 160 cm³/mol. The van der Waals surface area contributed by atoms with Crippen LogP contribution in [0.1, 0.15) is 63.1 Å². The highest BCUT2D eigenvalue weighted by molar-refractivity contribution is 7.89. The molecule has 2 aromatic rings. The fourth-order valence-electron chi connectivity index (χ4n) is 5.05. The van der Waals surface area contributed by atoms with Crippen LogP contribution in [0.4, 0.5) is 0 Å². The molecule has 0 radical (unpaired) electrons. The number of aryl methyl sites for hydroxylation is 1. The van der Waals surface area contributed by atoms with Gasteiger partial charge >= 0.3 is 0 Å². The van der Waals surface area contributed by atoms with E-state index >= 15 is 0 Å². The van der Waals surface area contributed by atoms with Crippen molar-refractivity contribution in [3.63, 3.8) is 0 Å². The summed E-state index contributed by atoms with van der Waals surface area (Å²) in [6, 6.07) is 16.8. The van der Waals surface area contributed by atoms with E-state index in [1.165, 1.54) is 8.61 Å². The zero-order valence-electron chi connectivity index (χ0n) is 24.3. The number of benzene rings is 2. The smallest absolute Gasteiger partial charge is 0.238 e. The highest BCUT2D eigenvalue weighted by Gasteiger charge is 2.34. The minimum Gasteiger partial charge on any atom is -0.334 e. The number of sulfonamides is 2. The lowest BCUT2D eigenvalue weighted by Crippen LogP contribution is -2.51. The first-order valence-corrected chi connectivity index (χ1v) is 17.5. The zero-order chi connectivity index (χ0) is 29.3. The van der Waals surface area contributed by atoms with Crippen LogP contribution < -0.4 is 0 Å². The molecule has 0 atom stereocenters. The topological polar surface area (TPSA) is 95.1 Å². The molecule has 40 heavy (non-hydrogen) atoms. The molecule has 1 heterocycles. The maximum atomic E-state index is 13.9. The molecule has 0 spiro atoms. The molecule has 0 bridgehead atoms. The molecule has 8 nitrogen and oxygen atoms in total. The van der Waals surface area contributed by atoms with Crippen LogP contribution in [0.25, 0.3) is 0 Å². The molecule has 2 aromatic carbocycles. The van der Waals surface area contributed by atoms with Gasteiger partial charge in [-0.05, 0) is 55.2 Å². The van der Waals surface area contributed by atoms with Gasteiger partial charge in [-0.1, -0.05) is 75.4 Å². The van der Waals surface area contributed by atoms with E-state index in [1.54, 1.807) is 4.90 Å². The summed E-state index contributed by atoms with van der Waals surface area (Å²) in [4.78, 5) is 15.7. The number of rotatable bonds is 14. The Hall–Kier alpha value is -2.27. The Morgan fingerprint density at radius 3 is 2.20 bits per heavy atom. The van der Waals surface area contributed by atoms with Crippen molar-refractivity contribution in [3.8, 4) is 0 Å². The zero-order valence-corrected chi connectivity index (χ0v) is 26.0. The molecule has 1 amide bonds. The van der Waals surface area contributed by atoms with Gasteiger partial charge in [0.1, 0.15) is 0 Å². The van der Waals surface area contributed by atoms with Crippen LogP contribution in [-0.4, -0.2) is 74.2 Å². The molecule has 10 heteroatoms. The highest BCUT2D eigenvalue weighted by atomic mass is 32.2. The molecule has 0 aromatic heterocycles. The Labute approximate surface area is 241 Å². The summed E-state index contributed by atoms with van der Waals surface area (Å²) in [6.07, 6.45) is 2.15. The second-order valence-corrected chi connectivity index (χ2v) is 15.2. The van der Waals surface area contributed by atoms with Crippen molar-refractivity contribution in [2.75, 3.05) is 31.9 Å². The molecule has 3 rings (SSSR count). The third kappa shape index (κ3) is 9.12. The molecule has 0 unspecified atom stereocenters. The first-order chi connectivity index (χ1) is 18.9. The lowest BCUT2D eigenvalue weighted by Gasteiger charge is -2.39. The molecule has 0 N–H and O–H groups in total. The van der Waals surface area contributed by atoms with E-state index in [4.69, 9.17) is 0 Å². The number of carbonyl (C=O) groups is 1. The Bertz CT molecular complexity index is 1310. The molecule has 222 valence electrons. The Morgan fingerprint density at radius 1 is 0.975 bits per heavy atom. The average Bonchev–Trinajstić information content (AvgIpc) is 2.90. The van der Waals surface area contributed by atoms with E-state index in [-0.39, 0.29) is 30.0 Å². The summed E-state index contributed by atoms with van der Waals surface area (Å²) in [6.45, 7) is 9.01. The molecular formula is C30H45N3O5S2. The van der Waals surface area contributed by atoms with Gasteiger partial charge in [0.2, 0.25) is 26.0 Å². The largest absolute Gasteiger partial charge is 0.334 e. The standard InChI is InChI=1S/C30H45N3O5S2/c1-5-21-39(35,36)32(18-15-25(2)3)23-30(34)33(22-28-14-10-9-11-26(28)4)29-16-19-31(20-17-29)40(37,38)24-27-12-7-6-8-13-27/h6-14,25,29H,5,15-24H2,1-4H3. The van der Waals surface area contributed by atoms with Crippen LogP contribution in [0.3, 0.4) is 0 Å². The van der Waals surface area contributed by atoms with Crippen molar-refractivity contribution in [1.82, 2.24) is 13.5 Å². The first kappa shape index (κ1) is 32.2. The van der Waals surface area contributed by atoms with Crippen molar-refractivity contribution in [3.05, 3.63) is 71.3 Å². The number of amides is 1. The van der Waals surface area contributed by atoms with Crippen LogP contribution in [0.15, 0.2) is 54.6 Å². The van der Waals surface area contributed by atoms with Gasteiger partial charge < -0.3 is 4.90 Å². The van der Waals surface area contributed by atoms with Crippen molar-refractivity contribution in [1.29, 1.82) is 0 Å². The van der Waals surface area contributed by atoms with Crippen molar-refractivity contribution >= 4 is 26.0 Å². The van der Waals surface area contributed by atoms with Crippen LogP contribution in [0.5, 0.6) is 0 Å². The second kappa shape index (κ2) is 14.6. The summed E-state index contributed by atoms with van der Waals surface area (Å²) >= 11 is 0. The fourth-order valence-corrected chi connectivity index (χ4v) is 8.08. The fraction of sp³-hybridized carbons (Fsp3) is 0.567. The van der Waals surface area contributed by atoms with E-state index in [0.717, 1.165) is 16.7 Å². The van der Waals surface area contributed by atoms with Gasteiger partial charge in [-0.3, -0.25) is 4.79 Å². The third-order valence-corrected chi connectivity index (χ3v) is 11.4. The molecular weight excluding hydrogens is 546 g/mol. The lowest BCUT2D eigenvalue weighted by atomic mass is 10.0. The van der Waals surface area contributed by atoms with Gasteiger partial charge in [0.05, 0.1) is 18.1 Å².